The van der Waals surface area contributed by atoms with Crippen molar-refractivity contribution in [2.45, 2.75) is 45.8 Å². The number of rotatable bonds is 7. The van der Waals surface area contributed by atoms with Gasteiger partial charge in [0.25, 0.3) is 0 Å². The molecule has 108 valence electrons. The van der Waals surface area contributed by atoms with Crippen molar-refractivity contribution in [3.63, 3.8) is 0 Å². The Morgan fingerprint density at radius 1 is 1.26 bits per heavy atom. The summed E-state index contributed by atoms with van der Waals surface area (Å²) in [6.07, 6.45) is 0.324. The molecule has 7 nitrogen and oxygen atoms in total. The van der Waals surface area contributed by atoms with Crippen LogP contribution in [0.25, 0.3) is 0 Å². The van der Waals surface area contributed by atoms with Gasteiger partial charge in [0.1, 0.15) is 0 Å². The molecule has 1 rings (SSSR count). The average Bonchev–Trinajstić information content (AvgIpc) is 2.35. The number of ether oxygens (including phenoxy) is 1. The molecule has 0 saturated heterocycles. The number of aliphatic hydroxyl groups excluding tert-OH is 1. The van der Waals surface area contributed by atoms with Crippen LogP contribution in [0.1, 0.15) is 34.1 Å². The molecule has 1 heterocycles. The van der Waals surface area contributed by atoms with Crippen LogP contribution in [-0.2, 0) is 0 Å². The molecule has 3 N–H and O–H groups in total. The lowest BCUT2D eigenvalue weighted by atomic mass is 9.99. The highest BCUT2D eigenvalue weighted by Gasteiger charge is 2.25. The quantitative estimate of drug-likeness (QED) is 0.686. The highest BCUT2D eigenvalue weighted by molar-refractivity contribution is 5.37. The van der Waals surface area contributed by atoms with Crippen LogP contribution >= 0.6 is 0 Å². The summed E-state index contributed by atoms with van der Waals surface area (Å²) in [4.78, 5) is 12.5. The van der Waals surface area contributed by atoms with E-state index in [1.807, 2.05) is 20.8 Å². The molecule has 0 fully saturated rings. The maximum Gasteiger partial charge on any atom is 0.323 e. The van der Waals surface area contributed by atoms with E-state index >= 15 is 0 Å². The van der Waals surface area contributed by atoms with Crippen LogP contribution in [0, 0.1) is 0 Å². The van der Waals surface area contributed by atoms with Crippen molar-refractivity contribution >= 4 is 11.9 Å². The van der Waals surface area contributed by atoms with E-state index in [0.29, 0.717) is 18.5 Å². The van der Waals surface area contributed by atoms with Crippen molar-refractivity contribution in [2.75, 3.05) is 24.3 Å². The van der Waals surface area contributed by atoms with Gasteiger partial charge >= 0.3 is 6.01 Å². The lowest BCUT2D eigenvalue weighted by Crippen LogP contribution is -2.42. The van der Waals surface area contributed by atoms with Crippen molar-refractivity contribution in [3.8, 4) is 6.01 Å². The number of aliphatic hydroxyl groups is 1. The molecule has 1 unspecified atom stereocenters. The first kappa shape index (κ1) is 15.4. The summed E-state index contributed by atoms with van der Waals surface area (Å²) in [5.74, 6) is 0.793. The minimum absolute atomic E-state index is 0.269. The van der Waals surface area contributed by atoms with E-state index in [1.54, 1.807) is 14.0 Å². The second-order valence-electron chi connectivity index (χ2n) is 4.89. The van der Waals surface area contributed by atoms with Gasteiger partial charge in [0, 0.05) is 7.05 Å². The molecule has 0 aromatic carbocycles. The van der Waals surface area contributed by atoms with Crippen molar-refractivity contribution in [2.24, 2.45) is 0 Å². The van der Waals surface area contributed by atoms with Crippen molar-refractivity contribution in [1.82, 2.24) is 15.0 Å². The van der Waals surface area contributed by atoms with E-state index in [0.717, 1.165) is 6.42 Å². The molecule has 19 heavy (non-hydrogen) atoms. The highest BCUT2D eigenvalue weighted by atomic mass is 16.5. The van der Waals surface area contributed by atoms with Crippen LogP contribution in [0.4, 0.5) is 11.9 Å². The Kier molecular flexibility index (Phi) is 5.29. The van der Waals surface area contributed by atoms with Gasteiger partial charge in [-0.25, -0.2) is 0 Å². The van der Waals surface area contributed by atoms with E-state index in [2.05, 4.69) is 25.6 Å². The lowest BCUT2D eigenvalue weighted by molar-refractivity contribution is 0.132. The van der Waals surface area contributed by atoms with Crippen molar-refractivity contribution < 1.29 is 9.84 Å². The Morgan fingerprint density at radius 3 is 2.42 bits per heavy atom. The highest BCUT2D eigenvalue weighted by Crippen LogP contribution is 2.18. The van der Waals surface area contributed by atoms with Crippen molar-refractivity contribution in [1.29, 1.82) is 0 Å². The number of hydrogen-bond donors (Lipinski definition) is 3. The van der Waals surface area contributed by atoms with Gasteiger partial charge in [-0.3, -0.25) is 0 Å². The number of hydrogen-bond acceptors (Lipinski definition) is 7. The Bertz CT molecular complexity index is 409. The fraction of sp³-hybridized carbons (Fsp3) is 0.750. The fourth-order valence-electron chi connectivity index (χ4n) is 1.17. The fourth-order valence-corrected chi connectivity index (χ4v) is 1.17. The molecule has 1 aromatic heterocycles. The predicted octanol–water partition coefficient (Wildman–Crippen LogP) is 1.27. The molecule has 0 bridgehead atoms. The smallest absolute Gasteiger partial charge is 0.323 e. The summed E-state index contributed by atoms with van der Waals surface area (Å²) in [5, 5.41) is 15.6. The third-order valence-corrected chi connectivity index (χ3v) is 2.75. The summed E-state index contributed by atoms with van der Waals surface area (Å²) >= 11 is 0. The minimum atomic E-state index is -0.553. The van der Waals surface area contributed by atoms with E-state index in [4.69, 9.17) is 4.74 Å². The third-order valence-electron chi connectivity index (χ3n) is 2.75. The van der Waals surface area contributed by atoms with Crippen LogP contribution in [0.15, 0.2) is 0 Å². The first-order chi connectivity index (χ1) is 8.89. The third kappa shape index (κ3) is 4.51. The summed E-state index contributed by atoms with van der Waals surface area (Å²) in [6.45, 7) is 8.00. The Hall–Kier alpha value is -1.63. The van der Waals surface area contributed by atoms with Gasteiger partial charge < -0.3 is 20.5 Å². The summed E-state index contributed by atoms with van der Waals surface area (Å²) in [7, 11) is 1.72. The SMILES string of the molecule is CCCOc1nc(NC)nc(NC(C)(C)C(C)O)n1. The normalized spacial score (nSPS) is 12.9. The summed E-state index contributed by atoms with van der Waals surface area (Å²) in [6, 6.07) is 0.269. The average molecular weight is 269 g/mol. The largest absolute Gasteiger partial charge is 0.463 e. The number of anilines is 2. The van der Waals surface area contributed by atoms with Gasteiger partial charge in [-0.2, -0.15) is 15.0 Å². The lowest BCUT2D eigenvalue weighted by Gasteiger charge is -2.29. The van der Waals surface area contributed by atoms with Gasteiger partial charge in [-0.1, -0.05) is 6.92 Å². The zero-order valence-corrected chi connectivity index (χ0v) is 12.2. The predicted molar refractivity (Wildman–Crippen MR) is 74.5 cm³/mol. The molecule has 1 atom stereocenters. The Morgan fingerprint density at radius 2 is 1.89 bits per heavy atom. The Labute approximate surface area is 113 Å². The minimum Gasteiger partial charge on any atom is -0.463 e. The molecule has 7 heteroatoms. The van der Waals surface area contributed by atoms with Gasteiger partial charge in [0.05, 0.1) is 18.2 Å². The first-order valence-electron chi connectivity index (χ1n) is 6.42. The second-order valence-corrected chi connectivity index (χ2v) is 4.89. The van der Waals surface area contributed by atoms with Gasteiger partial charge in [-0.15, -0.1) is 0 Å². The van der Waals surface area contributed by atoms with Crippen LogP contribution in [0.5, 0.6) is 6.01 Å². The number of nitrogens with one attached hydrogen (secondary N) is 2. The first-order valence-corrected chi connectivity index (χ1v) is 6.42. The van der Waals surface area contributed by atoms with Gasteiger partial charge in [0.2, 0.25) is 11.9 Å². The molecule has 1 aromatic rings. The van der Waals surface area contributed by atoms with Crippen LogP contribution < -0.4 is 15.4 Å². The standard InChI is InChI=1S/C12H23N5O2/c1-6-7-19-11-15-9(13-5)14-10(16-11)17-12(3,4)8(2)18/h8,18H,6-7H2,1-5H3,(H2,13,14,15,16,17). The van der Waals surface area contributed by atoms with Crippen LogP contribution in [0.2, 0.25) is 0 Å². The maximum atomic E-state index is 9.70. The molecular formula is C12H23N5O2. The van der Waals surface area contributed by atoms with E-state index in [-0.39, 0.29) is 6.01 Å². The Balaban J connectivity index is 2.93. The van der Waals surface area contributed by atoms with Gasteiger partial charge in [-0.05, 0) is 27.2 Å². The maximum absolute atomic E-state index is 9.70. The summed E-state index contributed by atoms with van der Waals surface area (Å²) < 4.78 is 5.41. The molecule has 0 saturated carbocycles. The van der Waals surface area contributed by atoms with E-state index in [9.17, 15) is 5.11 Å². The molecule has 0 aliphatic rings. The zero-order chi connectivity index (χ0) is 14.5. The number of nitrogens with zero attached hydrogens (tertiary/aromatic N) is 3. The second kappa shape index (κ2) is 6.51. The number of aromatic nitrogens is 3. The molecule has 0 radical (unpaired) electrons. The molecule has 0 spiro atoms. The molecule has 0 aliphatic heterocycles. The molecule has 0 aliphatic carbocycles. The van der Waals surface area contributed by atoms with Crippen LogP contribution in [-0.4, -0.2) is 45.4 Å². The molecular weight excluding hydrogens is 246 g/mol. The van der Waals surface area contributed by atoms with E-state index < -0.39 is 11.6 Å². The molecule has 0 amide bonds. The summed E-state index contributed by atoms with van der Waals surface area (Å²) in [5.41, 5.74) is -0.547. The monoisotopic (exact) mass is 269 g/mol. The van der Waals surface area contributed by atoms with Gasteiger partial charge in [0.15, 0.2) is 0 Å². The topological polar surface area (TPSA) is 92.2 Å². The van der Waals surface area contributed by atoms with Crippen LogP contribution in [0.3, 0.4) is 0 Å². The van der Waals surface area contributed by atoms with Crippen molar-refractivity contribution in [3.05, 3.63) is 0 Å². The zero-order valence-electron chi connectivity index (χ0n) is 12.2. The van der Waals surface area contributed by atoms with E-state index in [1.165, 1.54) is 0 Å².